The van der Waals surface area contributed by atoms with E-state index in [1.165, 1.54) is 18.2 Å². The zero-order chi connectivity index (χ0) is 19.1. The molecule has 0 aliphatic carbocycles. The summed E-state index contributed by atoms with van der Waals surface area (Å²) < 4.78 is 50.8. The molecule has 0 amide bonds. The van der Waals surface area contributed by atoms with E-state index >= 15 is 0 Å². The molecule has 0 saturated heterocycles. The third kappa shape index (κ3) is 3.40. The Balaban J connectivity index is 2.14. The van der Waals surface area contributed by atoms with Crippen LogP contribution in [-0.4, -0.2) is 29.1 Å². The first-order chi connectivity index (χ1) is 12.2. The number of rotatable bonds is 5. The SMILES string of the molecule is CS(=O)(=O)c1ccc(Sc2nc3ccccc3n2C(F)F)c([N+](=O)[O-])c1. The van der Waals surface area contributed by atoms with E-state index in [2.05, 4.69) is 4.98 Å². The maximum atomic E-state index is 13.5. The summed E-state index contributed by atoms with van der Waals surface area (Å²) >= 11 is 0.678. The van der Waals surface area contributed by atoms with Crippen LogP contribution < -0.4 is 0 Å². The van der Waals surface area contributed by atoms with E-state index in [0.717, 1.165) is 12.3 Å². The molecule has 3 rings (SSSR count). The Kier molecular flexibility index (Phi) is 4.67. The number of fused-ring (bicyclic) bond motifs is 1. The number of hydrogen-bond donors (Lipinski definition) is 0. The number of para-hydroxylation sites is 2. The van der Waals surface area contributed by atoms with Crippen molar-refractivity contribution in [3.8, 4) is 0 Å². The van der Waals surface area contributed by atoms with Crippen LogP contribution in [0.2, 0.25) is 0 Å². The number of imidazole rings is 1. The van der Waals surface area contributed by atoms with Gasteiger partial charge in [0.25, 0.3) is 5.69 Å². The van der Waals surface area contributed by atoms with Crippen molar-refractivity contribution in [1.82, 2.24) is 9.55 Å². The summed E-state index contributed by atoms with van der Waals surface area (Å²) in [6.07, 6.45) is 0.926. The second-order valence-electron chi connectivity index (χ2n) is 5.29. The van der Waals surface area contributed by atoms with Crippen molar-refractivity contribution < 1.29 is 22.1 Å². The van der Waals surface area contributed by atoms with Gasteiger partial charge in [-0.25, -0.2) is 13.4 Å². The highest BCUT2D eigenvalue weighted by atomic mass is 32.2. The van der Waals surface area contributed by atoms with Crippen LogP contribution in [0.3, 0.4) is 0 Å². The Morgan fingerprint density at radius 2 is 1.92 bits per heavy atom. The average Bonchev–Trinajstić information content (AvgIpc) is 2.91. The fourth-order valence-corrected chi connectivity index (χ4v) is 3.97. The highest BCUT2D eigenvalue weighted by Gasteiger charge is 2.24. The molecule has 0 spiro atoms. The fourth-order valence-electron chi connectivity index (χ4n) is 2.34. The van der Waals surface area contributed by atoms with Crippen molar-refractivity contribution in [2.45, 2.75) is 21.5 Å². The van der Waals surface area contributed by atoms with Crippen LogP contribution in [0.5, 0.6) is 0 Å². The third-order valence-electron chi connectivity index (χ3n) is 3.52. The fraction of sp³-hybridized carbons (Fsp3) is 0.133. The molecule has 136 valence electrons. The number of nitrogens with zero attached hydrogens (tertiary/aromatic N) is 3. The second-order valence-corrected chi connectivity index (χ2v) is 8.32. The van der Waals surface area contributed by atoms with Gasteiger partial charge in [0.1, 0.15) is 0 Å². The standard InChI is InChI=1S/C15H11F2N3O4S2/c1-26(23,24)9-6-7-13(12(8-9)20(21)22)25-15-18-10-4-2-3-5-11(10)19(15)14(16)17/h2-8,14H,1H3. The zero-order valence-corrected chi connectivity index (χ0v) is 14.8. The van der Waals surface area contributed by atoms with Gasteiger partial charge in [0.15, 0.2) is 15.0 Å². The number of hydrogen-bond acceptors (Lipinski definition) is 6. The van der Waals surface area contributed by atoms with Crippen molar-refractivity contribution in [2.75, 3.05) is 6.26 Å². The summed E-state index contributed by atoms with van der Waals surface area (Å²) in [5.41, 5.74) is 0.0249. The van der Waals surface area contributed by atoms with Crippen molar-refractivity contribution in [3.63, 3.8) is 0 Å². The van der Waals surface area contributed by atoms with E-state index in [-0.39, 0.29) is 20.5 Å². The lowest BCUT2D eigenvalue weighted by molar-refractivity contribution is -0.388. The predicted octanol–water partition coefficient (Wildman–Crippen LogP) is 3.89. The second kappa shape index (κ2) is 6.65. The van der Waals surface area contributed by atoms with Crippen molar-refractivity contribution in [3.05, 3.63) is 52.6 Å². The summed E-state index contributed by atoms with van der Waals surface area (Å²) in [6.45, 7) is -2.89. The summed E-state index contributed by atoms with van der Waals surface area (Å²) in [5, 5.41) is 11.2. The maximum Gasteiger partial charge on any atom is 0.321 e. The lowest BCUT2D eigenvalue weighted by atomic mass is 10.3. The Hall–Kier alpha value is -2.53. The largest absolute Gasteiger partial charge is 0.321 e. The number of aromatic nitrogens is 2. The number of nitro benzene ring substituents is 1. The lowest BCUT2D eigenvalue weighted by Crippen LogP contribution is -2.02. The minimum absolute atomic E-state index is 0.0135. The van der Waals surface area contributed by atoms with Gasteiger partial charge in [-0.3, -0.25) is 14.7 Å². The van der Waals surface area contributed by atoms with Gasteiger partial charge in [-0.05, 0) is 36.0 Å². The number of halogens is 2. The van der Waals surface area contributed by atoms with Gasteiger partial charge in [0, 0.05) is 12.3 Å². The quantitative estimate of drug-likeness (QED) is 0.477. The van der Waals surface area contributed by atoms with Crippen LogP contribution in [0, 0.1) is 10.1 Å². The summed E-state index contributed by atoms with van der Waals surface area (Å²) in [6, 6.07) is 9.57. The highest BCUT2D eigenvalue weighted by Crippen LogP contribution is 2.38. The van der Waals surface area contributed by atoms with Crippen molar-refractivity contribution in [1.29, 1.82) is 0 Å². The first-order valence-corrected chi connectivity index (χ1v) is 9.81. The minimum Gasteiger partial charge on any atom is -0.261 e. The molecule has 7 nitrogen and oxygen atoms in total. The molecule has 0 unspecified atom stereocenters. The van der Waals surface area contributed by atoms with Gasteiger partial charge in [0.05, 0.1) is 25.7 Å². The number of benzene rings is 2. The molecule has 1 aromatic heterocycles. The van der Waals surface area contributed by atoms with Crippen LogP contribution in [0.4, 0.5) is 14.5 Å². The van der Waals surface area contributed by atoms with Crippen LogP contribution in [0.15, 0.2) is 57.4 Å². The van der Waals surface area contributed by atoms with Gasteiger partial charge in [0.2, 0.25) is 0 Å². The highest BCUT2D eigenvalue weighted by molar-refractivity contribution is 7.99. The van der Waals surface area contributed by atoms with Crippen LogP contribution in [0.25, 0.3) is 11.0 Å². The molecule has 26 heavy (non-hydrogen) atoms. The van der Waals surface area contributed by atoms with Crippen LogP contribution in [0.1, 0.15) is 6.55 Å². The first-order valence-electron chi connectivity index (χ1n) is 7.10. The summed E-state index contributed by atoms with van der Waals surface area (Å²) in [7, 11) is -3.65. The molecule has 0 radical (unpaired) electrons. The molecule has 0 N–H and O–H groups in total. The topological polar surface area (TPSA) is 95.1 Å². The Labute approximate surface area is 150 Å². The van der Waals surface area contributed by atoms with Gasteiger partial charge in [-0.15, -0.1) is 0 Å². The number of alkyl halides is 2. The van der Waals surface area contributed by atoms with E-state index in [4.69, 9.17) is 0 Å². The van der Waals surface area contributed by atoms with Gasteiger partial charge >= 0.3 is 6.55 Å². The molecule has 0 saturated carbocycles. The maximum absolute atomic E-state index is 13.5. The lowest BCUT2D eigenvalue weighted by Gasteiger charge is -2.08. The average molecular weight is 399 g/mol. The molecule has 0 bridgehead atoms. The zero-order valence-electron chi connectivity index (χ0n) is 13.2. The molecular weight excluding hydrogens is 388 g/mol. The van der Waals surface area contributed by atoms with Crippen LogP contribution in [-0.2, 0) is 9.84 Å². The first kappa shape index (κ1) is 18.3. The molecular formula is C15H11F2N3O4S2. The minimum atomic E-state index is -3.65. The van der Waals surface area contributed by atoms with E-state index in [9.17, 15) is 27.3 Å². The van der Waals surface area contributed by atoms with Gasteiger partial charge in [-0.1, -0.05) is 12.1 Å². The van der Waals surface area contributed by atoms with E-state index in [1.807, 2.05) is 0 Å². The molecule has 3 aromatic rings. The van der Waals surface area contributed by atoms with E-state index in [1.54, 1.807) is 18.2 Å². The van der Waals surface area contributed by atoms with E-state index in [0.29, 0.717) is 21.8 Å². The summed E-state index contributed by atoms with van der Waals surface area (Å²) in [4.78, 5) is 14.4. The molecule has 0 atom stereocenters. The normalized spacial score (nSPS) is 12.0. The van der Waals surface area contributed by atoms with Crippen molar-refractivity contribution >= 4 is 38.3 Å². The van der Waals surface area contributed by atoms with Gasteiger partial charge in [-0.2, -0.15) is 8.78 Å². The molecule has 0 fully saturated rings. The number of nitro groups is 1. The van der Waals surface area contributed by atoms with Gasteiger partial charge < -0.3 is 0 Å². The molecule has 2 aromatic carbocycles. The Bertz CT molecular complexity index is 1110. The monoisotopic (exact) mass is 399 g/mol. The van der Waals surface area contributed by atoms with Crippen molar-refractivity contribution in [2.24, 2.45) is 0 Å². The summed E-state index contributed by atoms with van der Waals surface area (Å²) in [5.74, 6) is 0. The van der Waals surface area contributed by atoms with E-state index < -0.39 is 27.0 Å². The molecule has 0 aliphatic heterocycles. The molecule has 11 heteroatoms. The Morgan fingerprint density at radius 1 is 1.23 bits per heavy atom. The Morgan fingerprint density at radius 3 is 2.54 bits per heavy atom. The smallest absolute Gasteiger partial charge is 0.261 e. The molecule has 0 aliphatic rings. The third-order valence-corrected chi connectivity index (χ3v) is 5.66. The molecule has 1 heterocycles. The number of sulfone groups is 1. The predicted molar refractivity (Wildman–Crippen MR) is 91.3 cm³/mol. The van der Waals surface area contributed by atoms with Crippen LogP contribution >= 0.6 is 11.8 Å².